The summed E-state index contributed by atoms with van der Waals surface area (Å²) in [5.74, 6) is 0. The molecule has 0 aromatic carbocycles. The summed E-state index contributed by atoms with van der Waals surface area (Å²) in [7, 11) is 0. The van der Waals surface area contributed by atoms with Crippen LogP contribution in [0.4, 0.5) is 0 Å². The molecule has 0 unspecified atom stereocenters. The SMILES string of the molecule is OC[C@H]1O[C@@H]2O[C@H]3[C@H](O)[C@@H](O)[C@@H](O[C@H]4[C@@H]5O[C@@H]5[C@@H](O[C@H]5[C@H](O)[C@@H](O)[C@@H](O[C@H]6[C@@H]7O[C@@H]7[C@@H](O[C@H]7[C@H](O)[C@@H](O)[C@@H](O[C@H]1[C@H](O)[C@H]2O)O[C@@H]7CO)O[C@@H]6CO)O[C@@H]5CO)O[C@@H]4CO)O[C@@H]3CO. The maximum Gasteiger partial charge on any atom is 0.187 e. The molecule has 0 aromatic rings. The molecule has 0 saturated carbocycles. The van der Waals surface area contributed by atoms with E-state index in [9.17, 15) is 71.5 Å². The van der Waals surface area contributed by atoms with E-state index in [0.29, 0.717) is 0 Å². The number of epoxide rings is 2. The highest BCUT2D eigenvalue weighted by Crippen LogP contribution is 2.45. The van der Waals surface area contributed by atoms with E-state index < -0.39 is 224 Å². The van der Waals surface area contributed by atoms with Gasteiger partial charge in [-0.2, -0.15) is 0 Å². The van der Waals surface area contributed by atoms with E-state index >= 15 is 0 Å². The fourth-order valence-corrected chi connectivity index (χ4v) is 9.42. The van der Waals surface area contributed by atoms with Crippen molar-refractivity contribution in [1.29, 1.82) is 0 Å². The zero-order valence-electron chi connectivity index (χ0n) is 33.5. The molecule has 12 bridgehead atoms. The van der Waals surface area contributed by atoms with Crippen molar-refractivity contribution in [3.63, 3.8) is 0 Å². The number of aliphatic hydroxyl groups excluding tert-OH is 14. The molecule has 18 aliphatic heterocycles. The normalized spacial score (nSPS) is 57.7. The Morgan fingerprint density at radius 1 is 0.188 bits per heavy atom. The summed E-state index contributed by atoms with van der Waals surface area (Å²) in [5, 5.41) is 152. The Hall–Kier alpha value is -1.12. The van der Waals surface area contributed by atoms with E-state index in [0.717, 1.165) is 0 Å². The van der Waals surface area contributed by atoms with Gasteiger partial charge in [-0.15, -0.1) is 0 Å². The van der Waals surface area contributed by atoms with Crippen molar-refractivity contribution in [1.82, 2.24) is 0 Å². The number of ether oxygens (including phenoxy) is 14. The van der Waals surface area contributed by atoms with Crippen LogP contribution >= 0.6 is 0 Å². The van der Waals surface area contributed by atoms with Gasteiger partial charge < -0.3 is 138 Å². The van der Waals surface area contributed by atoms with Crippen LogP contribution in [0.2, 0.25) is 0 Å². The van der Waals surface area contributed by atoms with E-state index in [4.69, 9.17) is 66.3 Å². The number of hydrogen-bond donors (Lipinski definition) is 14. The summed E-state index contributed by atoms with van der Waals surface area (Å²) in [6.45, 7) is -4.90. The van der Waals surface area contributed by atoms with Gasteiger partial charge in [-0.1, -0.05) is 0 Å². The molecule has 368 valence electrons. The summed E-state index contributed by atoms with van der Waals surface area (Å²) in [5.41, 5.74) is 0. The Kier molecular flexibility index (Phi) is 14.5. The monoisotopic (exact) mass is 936 g/mol. The van der Waals surface area contributed by atoms with Crippen LogP contribution in [-0.2, 0) is 66.3 Å². The molecule has 0 aromatic heterocycles. The van der Waals surface area contributed by atoms with Gasteiger partial charge in [0, 0.05) is 0 Å². The van der Waals surface area contributed by atoms with E-state index in [1.165, 1.54) is 0 Å². The van der Waals surface area contributed by atoms with Gasteiger partial charge in [0.15, 0.2) is 37.7 Å². The molecule has 18 fully saturated rings. The maximum absolute atomic E-state index is 11.3. The number of aliphatic hydroxyl groups is 14. The van der Waals surface area contributed by atoms with E-state index in [-0.39, 0.29) is 0 Å². The highest BCUT2D eigenvalue weighted by Gasteiger charge is 2.65. The van der Waals surface area contributed by atoms with Gasteiger partial charge in [0.25, 0.3) is 0 Å². The third-order valence-corrected chi connectivity index (χ3v) is 13.0. The lowest BCUT2D eigenvalue weighted by molar-refractivity contribution is -0.389. The van der Waals surface area contributed by atoms with Crippen molar-refractivity contribution < 1.29 is 138 Å². The van der Waals surface area contributed by atoms with Crippen molar-refractivity contribution in [2.45, 2.75) is 184 Å². The third-order valence-electron chi connectivity index (χ3n) is 13.0. The van der Waals surface area contributed by atoms with Crippen molar-refractivity contribution in [3.8, 4) is 0 Å². The van der Waals surface area contributed by atoms with Crippen molar-refractivity contribution in [3.05, 3.63) is 0 Å². The molecule has 28 nitrogen and oxygen atoms in total. The van der Waals surface area contributed by atoms with Crippen molar-refractivity contribution in [2.24, 2.45) is 0 Å². The average molecular weight is 937 g/mol. The molecule has 0 aliphatic carbocycles. The summed E-state index contributed by atoms with van der Waals surface area (Å²) >= 11 is 0. The smallest absolute Gasteiger partial charge is 0.187 e. The standard InChI is InChI=1S/C36H56O28/c37-1-7-21-13(43)17(47)31(51-7)60-22-8(2-38)53-33(19(49)14(22)44)63-25-11(5-41)56-36(30-27(25)57-30)62-24-10(4-40)54-34(20(50)16(24)46)64-26-12(6-42)55-35(29-28(26)58-29)61-23-9(3-39)52-32(59-21)18(48)15(23)45/h7-50H,1-6H2/t7-,8-,9-,10-,11-,12-,13-,14-,15-,16-,17-,18-,19-,20-,21-,22-,23-,24-,25-,26-,27+,28+,29+,30+,31-,32-,33-,34-,35-,36-/m1/s1. The first-order valence-electron chi connectivity index (χ1n) is 21.0. The van der Waals surface area contributed by atoms with Gasteiger partial charge in [-0.3, -0.25) is 0 Å². The molecule has 18 aliphatic rings. The van der Waals surface area contributed by atoms with Crippen LogP contribution in [0.25, 0.3) is 0 Å². The van der Waals surface area contributed by atoms with Gasteiger partial charge in [0.1, 0.15) is 146 Å². The van der Waals surface area contributed by atoms with Crippen LogP contribution in [0.5, 0.6) is 0 Å². The molecule has 0 amide bonds. The number of hydrogen-bond acceptors (Lipinski definition) is 28. The Balaban J connectivity index is 0.988. The topological polar surface area (TPSA) is 419 Å². The molecule has 30 atom stereocenters. The second-order valence-electron chi connectivity index (χ2n) is 17.0. The lowest BCUT2D eigenvalue weighted by atomic mass is 9.95. The van der Waals surface area contributed by atoms with Crippen LogP contribution in [-0.4, -0.2) is 295 Å². The lowest BCUT2D eigenvalue weighted by Gasteiger charge is -2.49. The third kappa shape index (κ3) is 8.65. The largest absolute Gasteiger partial charge is 0.394 e. The molecule has 18 heterocycles. The molecule has 0 radical (unpaired) electrons. The summed E-state index contributed by atoms with van der Waals surface area (Å²) in [6, 6.07) is 0. The number of rotatable bonds is 6. The highest BCUT2D eigenvalue weighted by atomic mass is 16.8. The van der Waals surface area contributed by atoms with E-state index in [2.05, 4.69) is 0 Å². The molecule has 18 saturated heterocycles. The Labute approximate surface area is 361 Å². The van der Waals surface area contributed by atoms with Crippen LogP contribution < -0.4 is 0 Å². The fraction of sp³-hybridized carbons (Fsp3) is 1.00. The second kappa shape index (κ2) is 19.3. The summed E-state index contributed by atoms with van der Waals surface area (Å²) in [4.78, 5) is 0. The zero-order valence-corrected chi connectivity index (χ0v) is 33.5. The molecule has 28 heteroatoms. The highest BCUT2D eigenvalue weighted by molar-refractivity contribution is 5.06. The summed E-state index contributed by atoms with van der Waals surface area (Å²) < 4.78 is 81.8. The predicted octanol–water partition coefficient (Wildman–Crippen LogP) is -11.0. The summed E-state index contributed by atoms with van der Waals surface area (Å²) in [6.07, 6.45) is -46.6. The molecular weight excluding hydrogens is 880 g/mol. The van der Waals surface area contributed by atoms with Gasteiger partial charge in [0.2, 0.25) is 0 Å². The minimum absolute atomic E-state index is 0.730. The molecule has 18 rings (SSSR count). The predicted molar refractivity (Wildman–Crippen MR) is 189 cm³/mol. The van der Waals surface area contributed by atoms with Crippen molar-refractivity contribution in [2.75, 3.05) is 39.6 Å². The van der Waals surface area contributed by atoms with Gasteiger partial charge >= 0.3 is 0 Å². The molecule has 0 spiro atoms. The van der Waals surface area contributed by atoms with Crippen molar-refractivity contribution >= 4 is 0 Å². The average Bonchev–Trinajstić information content (AvgIpc) is 4.24. The minimum atomic E-state index is -2.05. The molecular formula is C36H56O28. The minimum Gasteiger partial charge on any atom is -0.394 e. The first-order chi connectivity index (χ1) is 30.7. The Morgan fingerprint density at radius 3 is 0.641 bits per heavy atom. The second-order valence-corrected chi connectivity index (χ2v) is 17.0. The molecule has 14 N–H and O–H groups in total. The van der Waals surface area contributed by atoms with Gasteiger partial charge in [-0.25, -0.2) is 0 Å². The maximum atomic E-state index is 11.3. The first kappa shape index (κ1) is 47.9. The van der Waals surface area contributed by atoms with Crippen LogP contribution in [0.15, 0.2) is 0 Å². The van der Waals surface area contributed by atoms with Gasteiger partial charge in [0.05, 0.1) is 39.6 Å². The van der Waals surface area contributed by atoms with Crippen LogP contribution in [0, 0.1) is 0 Å². The Bertz CT molecular complexity index is 1550. The molecule has 64 heavy (non-hydrogen) atoms. The van der Waals surface area contributed by atoms with E-state index in [1.807, 2.05) is 0 Å². The van der Waals surface area contributed by atoms with Crippen LogP contribution in [0.3, 0.4) is 0 Å². The lowest BCUT2D eigenvalue weighted by Crippen LogP contribution is -2.67. The zero-order chi connectivity index (χ0) is 45.5. The quantitative estimate of drug-likeness (QED) is 0.110. The van der Waals surface area contributed by atoms with E-state index in [1.54, 1.807) is 0 Å². The van der Waals surface area contributed by atoms with Gasteiger partial charge in [-0.05, 0) is 0 Å². The fourth-order valence-electron chi connectivity index (χ4n) is 9.42. The first-order valence-corrected chi connectivity index (χ1v) is 21.0. The Morgan fingerprint density at radius 2 is 0.391 bits per heavy atom. The van der Waals surface area contributed by atoms with Crippen LogP contribution in [0.1, 0.15) is 0 Å².